The van der Waals surface area contributed by atoms with Gasteiger partial charge in [0.1, 0.15) is 4.99 Å². The molecule has 0 radical (unpaired) electrons. The van der Waals surface area contributed by atoms with E-state index in [1.165, 1.54) is 0 Å². The van der Waals surface area contributed by atoms with Crippen LogP contribution >= 0.6 is 12.2 Å². The van der Waals surface area contributed by atoms with Crippen molar-refractivity contribution in [3.63, 3.8) is 0 Å². The van der Waals surface area contributed by atoms with Crippen molar-refractivity contribution in [2.24, 2.45) is 5.73 Å². The molecular weight excluding hydrogens is 262 g/mol. The van der Waals surface area contributed by atoms with E-state index in [4.69, 9.17) is 22.7 Å². The van der Waals surface area contributed by atoms with Crippen molar-refractivity contribution in [3.8, 4) is 0 Å². The molecule has 0 aliphatic heterocycles. The van der Waals surface area contributed by atoms with E-state index < -0.39 is 0 Å². The fourth-order valence-electron chi connectivity index (χ4n) is 1.45. The number of nitrogens with one attached hydrogen (secondary N) is 2. The van der Waals surface area contributed by atoms with Gasteiger partial charge in [-0.1, -0.05) is 12.2 Å². The van der Waals surface area contributed by atoms with Crippen LogP contribution < -0.4 is 16.4 Å². The van der Waals surface area contributed by atoms with Gasteiger partial charge in [0.25, 0.3) is 0 Å². The van der Waals surface area contributed by atoms with E-state index >= 15 is 0 Å². The minimum Gasteiger partial charge on any atom is -0.389 e. The topological polar surface area (TPSA) is 76.4 Å². The maximum atomic E-state index is 11.4. The summed E-state index contributed by atoms with van der Waals surface area (Å²) >= 11 is 4.87. The smallest absolute Gasteiger partial charge is 0.221 e. The number of hydrogen-bond donors (Lipinski definition) is 3. The summed E-state index contributed by atoms with van der Waals surface area (Å²) in [5.41, 5.74) is 7.28. The summed E-state index contributed by atoms with van der Waals surface area (Å²) in [4.78, 5) is 11.8. The number of thiocarbonyl (C=S) groups is 1. The molecule has 1 amide bonds. The molecule has 5 nitrogen and oxygen atoms in total. The number of anilines is 1. The van der Waals surface area contributed by atoms with Crippen LogP contribution in [-0.2, 0) is 9.53 Å². The Morgan fingerprint density at radius 1 is 1.32 bits per heavy atom. The lowest BCUT2D eigenvalue weighted by Gasteiger charge is -2.08. The third-order valence-electron chi connectivity index (χ3n) is 2.48. The van der Waals surface area contributed by atoms with Crippen molar-refractivity contribution < 1.29 is 9.53 Å². The van der Waals surface area contributed by atoms with Crippen LogP contribution in [0.25, 0.3) is 0 Å². The van der Waals surface area contributed by atoms with E-state index in [0.717, 1.165) is 11.3 Å². The van der Waals surface area contributed by atoms with Gasteiger partial charge < -0.3 is 21.1 Å². The van der Waals surface area contributed by atoms with Crippen LogP contribution in [0.1, 0.15) is 12.0 Å². The maximum absolute atomic E-state index is 11.4. The predicted molar refractivity (Wildman–Crippen MR) is 80.3 cm³/mol. The maximum Gasteiger partial charge on any atom is 0.221 e. The summed E-state index contributed by atoms with van der Waals surface area (Å²) < 4.78 is 4.85. The molecule has 0 atom stereocenters. The van der Waals surface area contributed by atoms with Crippen LogP contribution in [0.3, 0.4) is 0 Å². The van der Waals surface area contributed by atoms with Gasteiger partial charge in [-0.25, -0.2) is 0 Å². The van der Waals surface area contributed by atoms with Gasteiger partial charge >= 0.3 is 0 Å². The molecule has 0 bridgehead atoms. The van der Waals surface area contributed by atoms with E-state index in [-0.39, 0.29) is 5.91 Å². The molecule has 0 saturated heterocycles. The number of nitrogens with two attached hydrogens (primary N) is 1. The number of carbonyl (C=O) groups excluding carboxylic acids is 1. The van der Waals surface area contributed by atoms with Crippen LogP contribution in [0, 0.1) is 0 Å². The van der Waals surface area contributed by atoms with E-state index in [0.29, 0.717) is 31.1 Å². The molecule has 1 aromatic carbocycles. The zero-order valence-electron chi connectivity index (χ0n) is 10.9. The van der Waals surface area contributed by atoms with Crippen molar-refractivity contribution in [3.05, 3.63) is 29.8 Å². The third-order valence-corrected chi connectivity index (χ3v) is 2.71. The lowest BCUT2D eigenvalue weighted by molar-refractivity contribution is -0.121. The van der Waals surface area contributed by atoms with Gasteiger partial charge in [-0.05, 0) is 24.3 Å². The molecule has 0 fully saturated rings. The largest absolute Gasteiger partial charge is 0.389 e. The van der Waals surface area contributed by atoms with Crippen LogP contribution in [0.5, 0.6) is 0 Å². The van der Waals surface area contributed by atoms with Gasteiger partial charge in [-0.15, -0.1) is 0 Å². The van der Waals surface area contributed by atoms with E-state index in [1.807, 2.05) is 24.3 Å². The fourth-order valence-corrected chi connectivity index (χ4v) is 1.59. The Balaban J connectivity index is 2.25. The molecule has 1 aromatic rings. The normalized spacial score (nSPS) is 9.95. The molecule has 0 unspecified atom stereocenters. The first-order valence-electron chi connectivity index (χ1n) is 6.03. The monoisotopic (exact) mass is 281 g/mol. The Hall–Kier alpha value is -1.66. The van der Waals surface area contributed by atoms with Crippen molar-refractivity contribution in [1.29, 1.82) is 0 Å². The highest BCUT2D eigenvalue weighted by Gasteiger charge is 2.00. The fraction of sp³-hybridized carbons (Fsp3) is 0.385. The molecule has 0 spiro atoms. The lowest BCUT2D eigenvalue weighted by Crippen LogP contribution is -2.28. The van der Waals surface area contributed by atoms with Crippen LogP contribution in [0.4, 0.5) is 5.69 Å². The third kappa shape index (κ3) is 6.17. The summed E-state index contributed by atoms with van der Waals surface area (Å²) in [5, 5.41) is 5.91. The molecule has 19 heavy (non-hydrogen) atoms. The summed E-state index contributed by atoms with van der Waals surface area (Å²) in [6.07, 6.45) is 0.417. The first-order valence-corrected chi connectivity index (χ1v) is 6.43. The predicted octanol–water partition coefficient (Wildman–Crippen LogP) is 0.885. The average molecular weight is 281 g/mol. The van der Waals surface area contributed by atoms with Gasteiger partial charge in [0, 0.05) is 37.9 Å². The second-order valence-corrected chi connectivity index (χ2v) is 4.40. The van der Waals surface area contributed by atoms with E-state index in [2.05, 4.69) is 10.6 Å². The van der Waals surface area contributed by atoms with E-state index in [9.17, 15) is 4.79 Å². The minimum atomic E-state index is 0.00399. The summed E-state index contributed by atoms with van der Waals surface area (Å²) in [7, 11) is 1.60. The molecule has 6 heteroatoms. The van der Waals surface area contributed by atoms with Gasteiger partial charge in [0.05, 0.1) is 6.61 Å². The quantitative estimate of drug-likeness (QED) is 0.487. The standard InChI is InChI=1S/C13H19N3O2S/c1-18-9-8-16-12(17)6-7-15-11-4-2-10(3-5-11)13(14)19/h2-5,15H,6-9H2,1H3,(H2,14,19)(H,16,17). The molecule has 0 saturated carbocycles. The molecule has 1 rings (SSSR count). The molecule has 0 aliphatic rings. The first-order chi connectivity index (χ1) is 9.13. The highest BCUT2D eigenvalue weighted by atomic mass is 32.1. The Morgan fingerprint density at radius 2 is 2.00 bits per heavy atom. The number of methoxy groups -OCH3 is 1. The highest BCUT2D eigenvalue weighted by Crippen LogP contribution is 2.09. The second-order valence-electron chi connectivity index (χ2n) is 3.96. The number of hydrogen-bond acceptors (Lipinski definition) is 4. The van der Waals surface area contributed by atoms with Gasteiger partial charge in [-0.2, -0.15) is 0 Å². The SMILES string of the molecule is COCCNC(=O)CCNc1ccc(C(N)=S)cc1. The second kappa shape index (κ2) is 8.44. The Kier molecular flexibility index (Phi) is 6.84. The van der Waals surface area contributed by atoms with Crippen molar-refractivity contribution in [1.82, 2.24) is 5.32 Å². The molecule has 0 aromatic heterocycles. The van der Waals surface area contributed by atoms with Gasteiger partial charge in [0.2, 0.25) is 5.91 Å². The van der Waals surface area contributed by atoms with Crippen LogP contribution in [-0.4, -0.2) is 37.7 Å². The molecule has 104 valence electrons. The highest BCUT2D eigenvalue weighted by molar-refractivity contribution is 7.80. The van der Waals surface area contributed by atoms with Crippen LogP contribution in [0.2, 0.25) is 0 Å². The Labute approximate surface area is 118 Å². The lowest BCUT2D eigenvalue weighted by atomic mass is 10.2. The Morgan fingerprint density at radius 3 is 2.58 bits per heavy atom. The number of carbonyl (C=O) groups is 1. The zero-order chi connectivity index (χ0) is 14.1. The van der Waals surface area contributed by atoms with Crippen molar-refractivity contribution >= 4 is 28.8 Å². The molecule has 4 N–H and O–H groups in total. The molecule has 0 aliphatic carbocycles. The first kappa shape index (κ1) is 15.4. The summed E-state index contributed by atoms with van der Waals surface area (Å²) in [6.45, 7) is 1.64. The Bertz CT molecular complexity index is 420. The molecular formula is C13H19N3O2S. The van der Waals surface area contributed by atoms with E-state index in [1.54, 1.807) is 7.11 Å². The molecule has 0 heterocycles. The zero-order valence-corrected chi connectivity index (χ0v) is 11.8. The number of rotatable bonds is 8. The minimum absolute atomic E-state index is 0.00399. The summed E-state index contributed by atoms with van der Waals surface area (Å²) in [6, 6.07) is 7.47. The number of ether oxygens (including phenoxy) is 1. The van der Waals surface area contributed by atoms with Gasteiger partial charge in [-0.3, -0.25) is 4.79 Å². The number of amides is 1. The van der Waals surface area contributed by atoms with Crippen molar-refractivity contribution in [2.45, 2.75) is 6.42 Å². The van der Waals surface area contributed by atoms with Crippen molar-refractivity contribution in [2.75, 3.05) is 32.1 Å². The van der Waals surface area contributed by atoms with Gasteiger partial charge in [0.15, 0.2) is 0 Å². The average Bonchev–Trinajstić information content (AvgIpc) is 2.39. The summed E-state index contributed by atoms with van der Waals surface area (Å²) in [5.74, 6) is 0.00399. The van der Waals surface area contributed by atoms with Crippen LogP contribution in [0.15, 0.2) is 24.3 Å². The number of benzene rings is 1.